The van der Waals surface area contributed by atoms with Crippen LogP contribution in [0.1, 0.15) is 34.2 Å². The van der Waals surface area contributed by atoms with E-state index in [-0.39, 0.29) is 11.7 Å². The van der Waals surface area contributed by atoms with Crippen molar-refractivity contribution in [2.75, 3.05) is 7.11 Å². The van der Waals surface area contributed by atoms with E-state index in [4.69, 9.17) is 9.15 Å². The minimum absolute atomic E-state index is 0.0129. The fourth-order valence-electron chi connectivity index (χ4n) is 3.47. The molecule has 0 amide bonds. The minimum atomic E-state index is 0.0129. The zero-order valence-corrected chi connectivity index (χ0v) is 14.6. The minimum Gasteiger partial charge on any atom is -0.497 e. The summed E-state index contributed by atoms with van der Waals surface area (Å²) in [7, 11) is 1.62. The molecule has 1 aromatic carbocycles. The highest BCUT2D eigenvalue weighted by Crippen LogP contribution is 2.32. The fraction of sp³-hybridized carbons (Fsp3) is 0.200. The van der Waals surface area contributed by atoms with Gasteiger partial charge in [-0.15, -0.1) is 5.10 Å². The van der Waals surface area contributed by atoms with Crippen LogP contribution in [0.2, 0.25) is 0 Å². The van der Waals surface area contributed by atoms with E-state index < -0.39 is 0 Å². The second-order valence-corrected chi connectivity index (χ2v) is 6.55. The van der Waals surface area contributed by atoms with Crippen molar-refractivity contribution in [1.82, 2.24) is 19.6 Å². The Kier molecular flexibility index (Phi) is 3.53. The molecule has 1 aliphatic carbocycles. The molecule has 27 heavy (non-hydrogen) atoms. The van der Waals surface area contributed by atoms with Crippen molar-refractivity contribution in [2.45, 2.75) is 18.8 Å². The molecule has 0 spiro atoms. The second-order valence-electron chi connectivity index (χ2n) is 6.55. The summed E-state index contributed by atoms with van der Waals surface area (Å²) < 4.78 is 12.2. The van der Waals surface area contributed by atoms with Crippen LogP contribution in [0.25, 0.3) is 17.2 Å². The Morgan fingerprint density at radius 2 is 2.00 bits per heavy atom. The van der Waals surface area contributed by atoms with Crippen LogP contribution in [0, 0.1) is 0 Å². The lowest BCUT2D eigenvalue weighted by molar-refractivity contribution is 0.0958. The van der Waals surface area contributed by atoms with Gasteiger partial charge in [-0.05, 0) is 36.4 Å². The molecule has 1 aliphatic rings. The number of benzene rings is 1. The largest absolute Gasteiger partial charge is 0.497 e. The number of Topliss-reactive ketones (excluding diaryl/α,β-unsaturated/α-hetero) is 1. The molecule has 5 rings (SSSR count). The molecule has 3 aromatic heterocycles. The van der Waals surface area contributed by atoms with Gasteiger partial charge in [0.25, 0.3) is 5.78 Å². The molecule has 0 radical (unpaired) electrons. The number of rotatable bonds is 3. The Morgan fingerprint density at radius 3 is 2.74 bits per heavy atom. The summed E-state index contributed by atoms with van der Waals surface area (Å²) in [4.78, 5) is 21.8. The summed E-state index contributed by atoms with van der Waals surface area (Å²) in [6, 6.07) is 11.2. The Balaban J connectivity index is 1.54. The summed E-state index contributed by atoms with van der Waals surface area (Å²) in [5.41, 5.74) is 2.21. The summed E-state index contributed by atoms with van der Waals surface area (Å²) in [5, 5.41) is 4.48. The lowest BCUT2D eigenvalue weighted by Crippen LogP contribution is -2.21. The van der Waals surface area contributed by atoms with Crippen LogP contribution in [0.4, 0.5) is 0 Å². The first kappa shape index (κ1) is 15.7. The van der Waals surface area contributed by atoms with Crippen molar-refractivity contribution in [3.05, 3.63) is 65.9 Å². The van der Waals surface area contributed by atoms with Gasteiger partial charge in [0.1, 0.15) is 11.5 Å². The van der Waals surface area contributed by atoms with Crippen molar-refractivity contribution in [3.63, 3.8) is 0 Å². The first-order valence-electron chi connectivity index (χ1n) is 8.68. The number of ether oxygens (including phenoxy) is 1. The van der Waals surface area contributed by atoms with Crippen LogP contribution in [-0.4, -0.2) is 32.5 Å². The molecular formula is C20H16N4O3. The van der Waals surface area contributed by atoms with Crippen LogP contribution in [0.5, 0.6) is 5.75 Å². The number of furan rings is 1. The number of hydrogen-bond acceptors (Lipinski definition) is 6. The molecule has 0 saturated heterocycles. The van der Waals surface area contributed by atoms with Crippen LogP contribution < -0.4 is 4.74 Å². The maximum absolute atomic E-state index is 12.6. The van der Waals surface area contributed by atoms with Gasteiger partial charge in [-0.1, -0.05) is 0 Å². The summed E-state index contributed by atoms with van der Waals surface area (Å²) >= 11 is 0. The highest BCUT2D eigenvalue weighted by atomic mass is 16.5. The lowest BCUT2D eigenvalue weighted by Gasteiger charge is -2.20. The number of nitrogens with zero attached hydrogens (tertiary/aromatic N) is 4. The summed E-state index contributed by atoms with van der Waals surface area (Å²) in [5.74, 6) is 2.68. The Labute approximate surface area is 154 Å². The molecule has 0 bridgehead atoms. The number of carbonyl (C=O) groups excluding carboxylic acids is 1. The van der Waals surface area contributed by atoms with E-state index in [1.165, 1.54) is 0 Å². The van der Waals surface area contributed by atoms with Crippen molar-refractivity contribution < 1.29 is 13.9 Å². The van der Waals surface area contributed by atoms with Crippen molar-refractivity contribution in [1.29, 1.82) is 0 Å². The van der Waals surface area contributed by atoms with Gasteiger partial charge in [0.05, 0.1) is 24.6 Å². The van der Waals surface area contributed by atoms with Crippen molar-refractivity contribution in [2.24, 2.45) is 0 Å². The van der Waals surface area contributed by atoms with E-state index in [1.54, 1.807) is 24.1 Å². The van der Waals surface area contributed by atoms with Crippen LogP contribution >= 0.6 is 0 Å². The molecule has 4 aromatic rings. The quantitative estimate of drug-likeness (QED) is 0.557. The summed E-state index contributed by atoms with van der Waals surface area (Å²) in [6.07, 6.45) is 4.42. The molecule has 3 heterocycles. The number of ketones is 1. The smallest absolute Gasteiger partial charge is 0.252 e. The lowest BCUT2D eigenvalue weighted by atomic mass is 9.85. The van der Waals surface area contributed by atoms with Gasteiger partial charge in [-0.25, -0.2) is 9.50 Å². The van der Waals surface area contributed by atoms with E-state index in [2.05, 4.69) is 15.1 Å². The number of aromatic nitrogens is 4. The average Bonchev–Trinajstić information content (AvgIpc) is 3.36. The zero-order chi connectivity index (χ0) is 18.4. The van der Waals surface area contributed by atoms with Crippen molar-refractivity contribution in [3.8, 4) is 17.1 Å². The van der Waals surface area contributed by atoms with E-state index in [0.717, 1.165) is 22.8 Å². The van der Waals surface area contributed by atoms with Crippen LogP contribution in [-0.2, 0) is 6.42 Å². The third-order valence-corrected chi connectivity index (χ3v) is 4.88. The average molecular weight is 360 g/mol. The van der Waals surface area contributed by atoms with Gasteiger partial charge in [0, 0.05) is 30.5 Å². The molecule has 7 nitrogen and oxygen atoms in total. The molecule has 0 fully saturated rings. The molecule has 0 saturated carbocycles. The molecule has 0 unspecified atom stereocenters. The maximum atomic E-state index is 12.6. The van der Waals surface area contributed by atoms with Gasteiger partial charge < -0.3 is 9.15 Å². The predicted octanol–water partition coefficient (Wildman–Crippen LogP) is 3.31. The molecule has 0 aliphatic heterocycles. The fourth-order valence-corrected chi connectivity index (χ4v) is 3.47. The topological polar surface area (TPSA) is 82.5 Å². The molecule has 1 atom stereocenters. The third-order valence-electron chi connectivity index (χ3n) is 4.88. The first-order chi connectivity index (χ1) is 13.2. The third kappa shape index (κ3) is 2.68. The molecule has 7 heteroatoms. The van der Waals surface area contributed by atoms with Crippen LogP contribution in [0.15, 0.2) is 53.3 Å². The standard InChI is InChI=1S/C20H16N4O3/c1-26-14-6-4-12(5-7-14)19-22-20-21-16-9-13(18-3-2-8-27-18)10-17(25)15(16)11-24(20)23-19/h2-8,11,13H,9-10H2,1H3/t13-/m1/s1. The van der Waals surface area contributed by atoms with E-state index >= 15 is 0 Å². The number of hydrogen-bond donors (Lipinski definition) is 0. The molecule has 0 N–H and O–H groups in total. The Hall–Kier alpha value is -3.48. The Bertz CT molecular complexity index is 1130. The number of carbonyl (C=O) groups is 1. The summed E-state index contributed by atoms with van der Waals surface area (Å²) in [6.45, 7) is 0. The van der Waals surface area contributed by atoms with Crippen molar-refractivity contribution >= 4 is 11.6 Å². The predicted molar refractivity (Wildman–Crippen MR) is 96.9 cm³/mol. The molecule has 134 valence electrons. The van der Waals surface area contributed by atoms with Crippen LogP contribution in [0.3, 0.4) is 0 Å². The Morgan fingerprint density at radius 1 is 1.15 bits per heavy atom. The van der Waals surface area contributed by atoms with Gasteiger partial charge >= 0.3 is 0 Å². The van der Waals surface area contributed by atoms with E-state index in [0.29, 0.717) is 30.0 Å². The van der Waals surface area contributed by atoms with E-state index in [1.807, 2.05) is 36.4 Å². The first-order valence-corrected chi connectivity index (χ1v) is 8.68. The normalized spacial score (nSPS) is 16.5. The molecular weight excluding hydrogens is 344 g/mol. The van der Waals surface area contributed by atoms with Gasteiger partial charge in [0.2, 0.25) is 0 Å². The zero-order valence-electron chi connectivity index (χ0n) is 14.6. The number of methoxy groups -OCH3 is 1. The highest BCUT2D eigenvalue weighted by Gasteiger charge is 2.30. The monoisotopic (exact) mass is 360 g/mol. The maximum Gasteiger partial charge on any atom is 0.252 e. The van der Waals surface area contributed by atoms with Gasteiger partial charge in [-0.2, -0.15) is 4.98 Å². The van der Waals surface area contributed by atoms with E-state index in [9.17, 15) is 4.79 Å². The van der Waals surface area contributed by atoms with Gasteiger partial charge in [0.15, 0.2) is 11.6 Å². The second kappa shape index (κ2) is 6.05. The van der Waals surface area contributed by atoms with Gasteiger partial charge in [-0.3, -0.25) is 4.79 Å². The highest BCUT2D eigenvalue weighted by molar-refractivity contribution is 5.98. The number of fused-ring (bicyclic) bond motifs is 2. The SMILES string of the molecule is COc1ccc(-c2nc3nc4c(cn3n2)C(=O)C[C@H](c2ccco2)C4)cc1.